The summed E-state index contributed by atoms with van der Waals surface area (Å²) in [5.41, 5.74) is 8.52. The van der Waals surface area contributed by atoms with Crippen molar-refractivity contribution in [2.75, 3.05) is 0 Å². The largest absolute Gasteiger partial charge is 0.289 e. The summed E-state index contributed by atoms with van der Waals surface area (Å²) in [6.45, 7) is 8.02. The van der Waals surface area contributed by atoms with Gasteiger partial charge in [0.2, 0.25) is 0 Å². The molecule has 0 spiro atoms. The molecule has 110 valence electrons. The molecule has 2 aromatic rings. The Morgan fingerprint density at radius 1 is 0.545 bits per heavy atom. The summed E-state index contributed by atoms with van der Waals surface area (Å²) in [5, 5.41) is 0. The highest BCUT2D eigenvalue weighted by molar-refractivity contribution is 6.31. The van der Waals surface area contributed by atoms with Crippen LogP contribution in [0.2, 0.25) is 0 Å². The highest BCUT2D eigenvalue weighted by Crippen LogP contribution is 2.42. The van der Waals surface area contributed by atoms with Crippen LogP contribution in [0.3, 0.4) is 0 Å². The molecule has 0 heterocycles. The highest BCUT2D eigenvalue weighted by Gasteiger charge is 2.28. The van der Waals surface area contributed by atoms with E-state index in [0.29, 0.717) is 0 Å². The summed E-state index contributed by atoms with van der Waals surface area (Å²) in [6, 6.07) is 16.8. The van der Waals surface area contributed by atoms with E-state index < -0.39 is 0 Å². The van der Waals surface area contributed by atoms with E-state index in [2.05, 4.69) is 62.4 Å². The number of rotatable bonds is 2. The Labute approximate surface area is 132 Å². The maximum absolute atomic E-state index is 12.5. The summed E-state index contributed by atoms with van der Waals surface area (Å²) < 4.78 is 0. The average Bonchev–Trinajstić information content (AvgIpc) is 2.74. The Morgan fingerprint density at radius 2 is 0.864 bits per heavy atom. The molecule has 1 aliphatic rings. The van der Waals surface area contributed by atoms with Gasteiger partial charge in [-0.15, -0.1) is 0 Å². The van der Waals surface area contributed by atoms with Gasteiger partial charge in [-0.2, -0.15) is 0 Å². The van der Waals surface area contributed by atoms with E-state index in [0.717, 1.165) is 33.4 Å². The van der Waals surface area contributed by atoms with Crippen molar-refractivity contribution in [2.45, 2.75) is 27.7 Å². The van der Waals surface area contributed by atoms with Gasteiger partial charge in [0.1, 0.15) is 0 Å². The first-order chi connectivity index (χ1) is 10.5. The predicted molar refractivity (Wildman–Crippen MR) is 92.6 cm³/mol. The van der Waals surface area contributed by atoms with Gasteiger partial charge in [-0.05, 0) is 50.0 Å². The zero-order chi connectivity index (χ0) is 15.9. The number of benzene rings is 2. The number of allylic oxidation sites excluding steroid dienone is 4. The van der Waals surface area contributed by atoms with E-state index in [1.807, 2.05) is 13.8 Å². The van der Waals surface area contributed by atoms with Gasteiger partial charge in [0.05, 0.1) is 0 Å². The molecule has 2 aromatic carbocycles. The van der Waals surface area contributed by atoms with Gasteiger partial charge in [-0.1, -0.05) is 59.7 Å². The normalized spacial score (nSPS) is 15.0. The van der Waals surface area contributed by atoms with Crippen molar-refractivity contribution < 1.29 is 4.79 Å². The van der Waals surface area contributed by atoms with Crippen LogP contribution < -0.4 is 0 Å². The number of hydrogen-bond acceptors (Lipinski definition) is 1. The van der Waals surface area contributed by atoms with E-state index >= 15 is 0 Å². The molecule has 22 heavy (non-hydrogen) atoms. The summed E-state index contributed by atoms with van der Waals surface area (Å²) in [5.74, 6) is 0.158. The van der Waals surface area contributed by atoms with Crippen molar-refractivity contribution in [2.24, 2.45) is 0 Å². The topological polar surface area (TPSA) is 17.1 Å². The molecule has 0 unspecified atom stereocenters. The maximum atomic E-state index is 12.5. The summed E-state index contributed by atoms with van der Waals surface area (Å²) in [4.78, 5) is 12.5. The Balaban J connectivity index is 2.19. The van der Waals surface area contributed by atoms with Crippen LogP contribution in [0, 0.1) is 13.8 Å². The quantitative estimate of drug-likeness (QED) is 0.748. The van der Waals surface area contributed by atoms with Crippen LogP contribution >= 0.6 is 0 Å². The van der Waals surface area contributed by atoms with Crippen LogP contribution in [-0.4, -0.2) is 5.78 Å². The molecule has 0 aromatic heterocycles. The minimum Gasteiger partial charge on any atom is -0.289 e. The lowest BCUT2D eigenvalue weighted by Gasteiger charge is -2.12. The van der Waals surface area contributed by atoms with Gasteiger partial charge in [-0.25, -0.2) is 0 Å². The number of Topliss-reactive ketones (excluding diaryl/α,β-unsaturated/α-hetero) is 1. The smallest absolute Gasteiger partial charge is 0.185 e. The molecule has 0 N–H and O–H groups in total. The van der Waals surface area contributed by atoms with Gasteiger partial charge >= 0.3 is 0 Å². The second-order valence-electron chi connectivity index (χ2n) is 6.06. The number of carbonyl (C=O) groups excluding carboxylic acids is 1. The lowest BCUT2D eigenvalue weighted by Crippen LogP contribution is -1.95. The zero-order valence-corrected chi connectivity index (χ0v) is 13.5. The van der Waals surface area contributed by atoms with E-state index in [-0.39, 0.29) is 5.78 Å². The second-order valence-corrected chi connectivity index (χ2v) is 6.06. The lowest BCUT2D eigenvalue weighted by molar-refractivity contribution is -0.111. The molecule has 1 nitrogen and oxygen atoms in total. The number of aryl methyl sites for hydroxylation is 2. The van der Waals surface area contributed by atoms with Crippen molar-refractivity contribution >= 4 is 16.9 Å². The highest BCUT2D eigenvalue weighted by atomic mass is 16.1. The van der Waals surface area contributed by atoms with Crippen molar-refractivity contribution in [1.82, 2.24) is 0 Å². The molecular weight excluding hydrogens is 268 g/mol. The Hall–Kier alpha value is -2.41. The third-order valence-corrected chi connectivity index (χ3v) is 4.36. The molecule has 0 bridgehead atoms. The van der Waals surface area contributed by atoms with E-state index in [4.69, 9.17) is 0 Å². The Morgan fingerprint density at radius 3 is 1.18 bits per heavy atom. The molecule has 0 radical (unpaired) electrons. The van der Waals surface area contributed by atoms with Crippen molar-refractivity contribution in [3.05, 3.63) is 81.9 Å². The number of hydrogen-bond donors (Lipinski definition) is 0. The van der Waals surface area contributed by atoms with E-state index in [9.17, 15) is 4.79 Å². The third kappa shape index (κ3) is 2.33. The zero-order valence-electron chi connectivity index (χ0n) is 13.5. The van der Waals surface area contributed by atoms with Crippen LogP contribution in [0.1, 0.15) is 36.1 Å². The first kappa shape index (κ1) is 14.5. The van der Waals surface area contributed by atoms with Crippen LogP contribution in [0.25, 0.3) is 11.1 Å². The van der Waals surface area contributed by atoms with E-state index in [1.54, 1.807) is 0 Å². The molecule has 3 rings (SSSR count). The predicted octanol–water partition coefficient (Wildman–Crippen LogP) is 5.13. The summed E-state index contributed by atoms with van der Waals surface area (Å²) in [6.07, 6.45) is 0. The lowest BCUT2D eigenvalue weighted by atomic mass is 9.91. The molecule has 1 aliphatic carbocycles. The minimum atomic E-state index is 0.158. The van der Waals surface area contributed by atoms with Gasteiger partial charge in [-0.3, -0.25) is 4.79 Å². The molecule has 0 atom stereocenters. The molecule has 0 aliphatic heterocycles. The maximum Gasteiger partial charge on any atom is 0.185 e. The monoisotopic (exact) mass is 288 g/mol. The fourth-order valence-electron chi connectivity index (χ4n) is 3.05. The fraction of sp³-hybridized carbons (Fsp3) is 0.190. The van der Waals surface area contributed by atoms with Gasteiger partial charge in [0, 0.05) is 11.1 Å². The van der Waals surface area contributed by atoms with Gasteiger partial charge < -0.3 is 0 Å². The third-order valence-electron chi connectivity index (χ3n) is 4.36. The molecule has 0 fully saturated rings. The molecular formula is C21H20O. The second kappa shape index (κ2) is 5.42. The standard InChI is InChI=1S/C21H20O/c1-13-5-9-17(10-6-13)19-15(3)21(22)16(4)20(19)18-11-7-14(2)8-12-18/h5-12H,1-4H3. The van der Waals surface area contributed by atoms with Crippen molar-refractivity contribution in [3.63, 3.8) is 0 Å². The van der Waals surface area contributed by atoms with Crippen LogP contribution in [-0.2, 0) is 4.79 Å². The van der Waals surface area contributed by atoms with Crippen molar-refractivity contribution in [3.8, 4) is 0 Å². The van der Waals surface area contributed by atoms with E-state index in [1.165, 1.54) is 11.1 Å². The average molecular weight is 288 g/mol. The SMILES string of the molecule is CC1=C(c2ccc(C)cc2)C(c2ccc(C)cc2)=C(C)C1=O. The summed E-state index contributed by atoms with van der Waals surface area (Å²) in [7, 11) is 0. The van der Waals surface area contributed by atoms with Crippen LogP contribution in [0.15, 0.2) is 59.7 Å². The van der Waals surface area contributed by atoms with Crippen LogP contribution in [0.4, 0.5) is 0 Å². The fourth-order valence-corrected chi connectivity index (χ4v) is 3.05. The Bertz CT molecular complexity index is 730. The first-order valence-corrected chi connectivity index (χ1v) is 7.60. The van der Waals surface area contributed by atoms with Crippen molar-refractivity contribution in [1.29, 1.82) is 0 Å². The molecule has 1 heteroatoms. The van der Waals surface area contributed by atoms with Gasteiger partial charge in [0.25, 0.3) is 0 Å². The summed E-state index contributed by atoms with van der Waals surface area (Å²) >= 11 is 0. The number of carbonyl (C=O) groups is 1. The number of ketones is 1. The Kier molecular flexibility index (Phi) is 3.58. The molecule has 0 saturated heterocycles. The minimum absolute atomic E-state index is 0.158. The molecule has 0 saturated carbocycles. The van der Waals surface area contributed by atoms with Gasteiger partial charge in [0.15, 0.2) is 5.78 Å². The van der Waals surface area contributed by atoms with Crippen LogP contribution in [0.5, 0.6) is 0 Å². The first-order valence-electron chi connectivity index (χ1n) is 7.60. The molecule has 0 amide bonds.